The predicted octanol–water partition coefficient (Wildman–Crippen LogP) is 0.634. The number of fused-ring (bicyclic) bond motifs is 1. The van der Waals surface area contributed by atoms with Crippen LogP contribution in [-0.2, 0) is 9.84 Å². The highest BCUT2D eigenvalue weighted by atomic mass is 32.2. The number of rotatable bonds is 1. The van der Waals surface area contributed by atoms with E-state index in [2.05, 4.69) is 10.5 Å². The average Bonchev–Trinajstić information content (AvgIpc) is 2.92. The second-order valence-electron chi connectivity index (χ2n) is 5.15. The molecule has 0 aromatic carbocycles. The van der Waals surface area contributed by atoms with Gasteiger partial charge >= 0.3 is 6.03 Å². The number of anilines is 1. The molecule has 104 valence electrons. The van der Waals surface area contributed by atoms with Crippen LogP contribution in [0.5, 0.6) is 0 Å². The Balaban J connectivity index is 1.71. The number of hydrogen-bond acceptors (Lipinski definition) is 5. The maximum absolute atomic E-state index is 12.1. The minimum absolute atomic E-state index is 0.0700. The maximum Gasteiger partial charge on any atom is 0.324 e. The van der Waals surface area contributed by atoms with Gasteiger partial charge in [-0.3, -0.25) is 5.32 Å². The molecule has 8 heteroatoms. The largest absolute Gasteiger partial charge is 0.338 e. The topological polar surface area (TPSA) is 92.5 Å². The van der Waals surface area contributed by atoms with Gasteiger partial charge in [-0.25, -0.2) is 13.2 Å². The highest BCUT2D eigenvalue weighted by Crippen LogP contribution is 2.33. The molecule has 0 spiro atoms. The van der Waals surface area contributed by atoms with Crippen molar-refractivity contribution in [1.29, 1.82) is 0 Å². The fourth-order valence-electron chi connectivity index (χ4n) is 2.84. The van der Waals surface area contributed by atoms with Crippen LogP contribution in [-0.4, -0.2) is 48.6 Å². The van der Waals surface area contributed by atoms with E-state index in [4.69, 9.17) is 4.52 Å². The summed E-state index contributed by atoms with van der Waals surface area (Å²) in [6.07, 6.45) is 0.743. The molecule has 0 aliphatic carbocycles. The number of nitrogens with zero attached hydrogens (tertiary/aromatic N) is 2. The minimum atomic E-state index is -3.00. The maximum atomic E-state index is 12.1. The molecule has 2 atom stereocenters. The fraction of sp³-hybridized carbons (Fsp3) is 0.636. The molecule has 7 nitrogen and oxygen atoms in total. The van der Waals surface area contributed by atoms with Crippen LogP contribution in [0.4, 0.5) is 10.7 Å². The first-order valence-electron chi connectivity index (χ1n) is 6.16. The second kappa shape index (κ2) is 4.22. The summed E-state index contributed by atoms with van der Waals surface area (Å²) in [4.78, 5) is 13.7. The molecule has 1 aromatic rings. The van der Waals surface area contributed by atoms with Crippen LogP contribution in [0, 0.1) is 12.8 Å². The number of carbonyl (C=O) groups is 1. The van der Waals surface area contributed by atoms with Gasteiger partial charge in [-0.1, -0.05) is 5.16 Å². The third-order valence-corrected chi connectivity index (χ3v) is 5.48. The summed E-state index contributed by atoms with van der Waals surface area (Å²) in [7, 11) is -3.00. The third kappa shape index (κ3) is 2.32. The summed E-state index contributed by atoms with van der Waals surface area (Å²) in [6, 6.07) is 1.10. The van der Waals surface area contributed by atoms with Crippen molar-refractivity contribution in [2.75, 3.05) is 23.4 Å². The normalized spacial score (nSPS) is 28.4. The first kappa shape index (κ1) is 12.5. The van der Waals surface area contributed by atoms with Gasteiger partial charge in [0, 0.05) is 12.6 Å². The summed E-state index contributed by atoms with van der Waals surface area (Å²) in [5.41, 5.74) is 0.679. The number of urea groups is 1. The van der Waals surface area contributed by atoms with Gasteiger partial charge in [0.1, 0.15) is 0 Å². The fourth-order valence-corrected chi connectivity index (χ4v) is 4.99. The van der Waals surface area contributed by atoms with Crippen LogP contribution in [0.25, 0.3) is 0 Å². The molecule has 2 aliphatic heterocycles. The molecule has 2 amide bonds. The molecule has 2 fully saturated rings. The molecule has 2 aliphatic rings. The van der Waals surface area contributed by atoms with Crippen molar-refractivity contribution in [3.8, 4) is 0 Å². The molecule has 3 rings (SSSR count). The number of aromatic nitrogens is 1. The van der Waals surface area contributed by atoms with Gasteiger partial charge in [-0.05, 0) is 19.3 Å². The Morgan fingerprint density at radius 2 is 2.32 bits per heavy atom. The smallest absolute Gasteiger partial charge is 0.324 e. The molecule has 1 aromatic heterocycles. The first-order valence-corrected chi connectivity index (χ1v) is 7.98. The van der Waals surface area contributed by atoms with Gasteiger partial charge in [0.15, 0.2) is 9.84 Å². The molecule has 0 saturated carbocycles. The van der Waals surface area contributed by atoms with Gasteiger partial charge in [-0.15, -0.1) is 0 Å². The summed E-state index contributed by atoms with van der Waals surface area (Å²) in [5, 5.41) is 6.29. The third-order valence-electron chi connectivity index (χ3n) is 3.70. The van der Waals surface area contributed by atoms with E-state index in [0.717, 1.165) is 6.42 Å². The van der Waals surface area contributed by atoms with E-state index in [1.165, 1.54) is 0 Å². The van der Waals surface area contributed by atoms with Gasteiger partial charge < -0.3 is 9.42 Å². The number of aryl methyl sites for hydroxylation is 1. The van der Waals surface area contributed by atoms with Crippen molar-refractivity contribution in [2.24, 2.45) is 5.92 Å². The quantitative estimate of drug-likeness (QED) is 0.817. The molecule has 2 saturated heterocycles. The Bertz CT molecular complexity index is 609. The van der Waals surface area contributed by atoms with E-state index >= 15 is 0 Å². The second-order valence-corrected chi connectivity index (χ2v) is 7.30. The highest BCUT2D eigenvalue weighted by molar-refractivity contribution is 7.91. The van der Waals surface area contributed by atoms with Crippen molar-refractivity contribution >= 4 is 21.8 Å². The molecule has 0 unspecified atom stereocenters. The van der Waals surface area contributed by atoms with Crippen molar-refractivity contribution in [3.63, 3.8) is 0 Å². The van der Waals surface area contributed by atoms with E-state index < -0.39 is 9.84 Å². The van der Waals surface area contributed by atoms with Gasteiger partial charge in [0.2, 0.25) is 5.88 Å². The lowest BCUT2D eigenvalue weighted by Gasteiger charge is -2.22. The summed E-state index contributed by atoms with van der Waals surface area (Å²) in [6.45, 7) is 2.35. The standard InChI is InChI=1S/C11H15N3O4S/c1-7-4-10(18-13-7)12-11(15)14-3-2-8-5-19(16,17)6-9(8)14/h4,8-9H,2-3,5-6H2,1H3,(H,12,15)/t8-,9+/m1/s1. The van der Waals surface area contributed by atoms with E-state index in [1.54, 1.807) is 17.9 Å². The van der Waals surface area contributed by atoms with Crippen molar-refractivity contribution in [2.45, 2.75) is 19.4 Å². The van der Waals surface area contributed by atoms with Gasteiger partial charge in [0.05, 0.1) is 23.2 Å². The molecule has 3 heterocycles. The Morgan fingerprint density at radius 1 is 1.53 bits per heavy atom. The number of likely N-dealkylation sites (tertiary alicyclic amines) is 1. The predicted molar refractivity (Wildman–Crippen MR) is 67.5 cm³/mol. The van der Waals surface area contributed by atoms with Crippen molar-refractivity contribution < 1.29 is 17.7 Å². The van der Waals surface area contributed by atoms with E-state index in [9.17, 15) is 13.2 Å². The summed E-state index contributed by atoms with van der Waals surface area (Å²) < 4.78 is 28.1. The molecule has 1 N–H and O–H groups in total. The Hall–Kier alpha value is -1.57. The van der Waals surface area contributed by atoms with Crippen LogP contribution < -0.4 is 5.32 Å². The highest BCUT2D eigenvalue weighted by Gasteiger charge is 2.46. The molecular formula is C11H15N3O4S. The molecule has 0 bridgehead atoms. The van der Waals surface area contributed by atoms with Crippen LogP contribution in [0.1, 0.15) is 12.1 Å². The lowest BCUT2D eigenvalue weighted by molar-refractivity contribution is 0.207. The van der Waals surface area contributed by atoms with Crippen LogP contribution in [0.2, 0.25) is 0 Å². The Kier molecular flexibility index (Phi) is 2.77. The van der Waals surface area contributed by atoms with Gasteiger partial charge in [0.25, 0.3) is 0 Å². The van der Waals surface area contributed by atoms with E-state index in [1.807, 2.05) is 0 Å². The zero-order valence-corrected chi connectivity index (χ0v) is 11.3. The molecule has 19 heavy (non-hydrogen) atoms. The summed E-state index contributed by atoms with van der Waals surface area (Å²) >= 11 is 0. The SMILES string of the molecule is Cc1cc(NC(=O)N2CC[C@@H]3CS(=O)(=O)C[C@@H]32)on1. The molecular weight excluding hydrogens is 270 g/mol. The Labute approximate surface area is 110 Å². The van der Waals surface area contributed by atoms with Crippen molar-refractivity contribution in [1.82, 2.24) is 10.1 Å². The minimum Gasteiger partial charge on any atom is -0.338 e. The summed E-state index contributed by atoms with van der Waals surface area (Å²) in [5.74, 6) is 0.627. The monoisotopic (exact) mass is 285 g/mol. The average molecular weight is 285 g/mol. The zero-order valence-electron chi connectivity index (χ0n) is 10.5. The number of sulfone groups is 1. The van der Waals surface area contributed by atoms with E-state index in [0.29, 0.717) is 12.2 Å². The lowest BCUT2D eigenvalue weighted by Crippen LogP contribution is -2.41. The number of nitrogens with one attached hydrogen (secondary N) is 1. The lowest BCUT2D eigenvalue weighted by atomic mass is 10.1. The van der Waals surface area contributed by atoms with Crippen molar-refractivity contribution in [3.05, 3.63) is 11.8 Å². The number of amides is 2. The van der Waals surface area contributed by atoms with E-state index in [-0.39, 0.29) is 35.4 Å². The number of hydrogen-bond donors (Lipinski definition) is 1. The molecule has 0 radical (unpaired) electrons. The number of carbonyl (C=O) groups excluding carboxylic acids is 1. The van der Waals surface area contributed by atoms with Crippen LogP contribution >= 0.6 is 0 Å². The van der Waals surface area contributed by atoms with Crippen LogP contribution in [0.3, 0.4) is 0 Å². The Morgan fingerprint density at radius 3 is 3.00 bits per heavy atom. The van der Waals surface area contributed by atoms with Gasteiger partial charge in [-0.2, -0.15) is 0 Å². The zero-order chi connectivity index (χ0) is 13.6. The van der Waals surface area contributed by atoms with Crippen LogP contribution in [0.15, 0.2) is 10.6 Å². The first-order chi connectivity index (χ1) is 8.94.